The Labute approximate surface area is 156 Å². The van der Waals surface area contributed by atoms with Gasteiger partial charge in [0, 0.05) is 17.7 Å². The number of anilines is 1. The molecule has 0 spiro atoms. The van der Waals surface area contributed by atoms with Crippen molar-refractivity contribution in [1.29, 1.82) is 0 Å². The van der Waals surface area contributed by atoms with Crippen LogP contribution in [0.15, 0.2) is 41.1 Å². The van der Waals surface area contributed by atoms with Crippen LogP contribution in [0, 0.1) is 12.8 Å². The number of nitrogens with one attached hydrogen (secondary N) is 2. The van der Waals surface area contributed by atoms with Crippen LogP contribution < -0.4 is 10.6 Å². The summed E-state index contributed by atoms with van der Waals surface area (Å²) in [5.74, 6) is 0.480. The van der Waals surface area contributed by atoms with Gasteiger partial charge in [-0.2, -0.15) is 0 Å². The zero-order valence-electron chi connectivity index (χ0n) is 15.2. The second-order valence-electron chi connectivity index (χ2n) is 6.84. The molecule has 2 aromatic heterocycles. The van der Waals surface area contributed by atoms with Crippen molar-refractivity contribution >= 4 is 11.8 Å². The number of piperidine rings is 1. The molecular formula is C19H22N6O2. The van der Waals surface area contributed by atoms with E-state index in [1.165, 1.54) is 6.42 Å². The van der Waals surface area contributed by atoms with Gasteiger partial charge in [-0.3, -0.25) is 14.8 Å². The van der Waals surface area contributed by atoms with Gasteiger partial charge in [0.05, 0.1) is 6.20 Å². The summed E-state index contributed by atoms with van der Waals surface area (Å²) in [5.41, 5.74) is 2.68. The molecule has 1 atom stereocenters. The highest BCUT2D eigenvalue weighted by molar-refractivity contribution is 6.02. The molecule has 1 aliphatic rings. The minimum atomic E-state index is -0.359. The fraction of sp³-hybridized carbons (Fsp3) is 0.368. The molecule has 4 rings (SSSR count). The van der Waals surface area contributed by atoms with Crippen LogP contribution in [0.25, 0.3) is 11.3 Å². The molecule has 2 N–H and O–H groups in total. The Bertz CT molecular complexity index is 911. The number of carbonyl (C=O) groups is 1. The first-order chi connectivity index (χ1) is 13.2. The van der Waals surface area contributed by atoms with Gasteiger partial charge in [-0.1, -0.05) is 40.7 Å². The van der Waals surface area contributed by atoms with Gasteiger partial charge in [-0.15, -0.1) is 5.10 Å². The van der Waals surface area contributed by atoms with E-state index in [4.69, 9.17) is 4.52 Å². The van der Waals surface area contributed by atoms with Gasteiger partial charge in [0.25, 0.3) is 5.91 Å². The lowest BCUT2D eigenvalue weighted by molar-refractivity contribution is 0.101. The smallest absolute Gasteiger partial charge is 0.280 e. The summed E-state index contributed by atoms with van der Waals surface area (Å²) in [7, 11) is 0. The van der Waals surface area contributed by atoms with Crippen LogP contribution in [0.1, 0.15) is 28.9 Å². The van der Waals surface area contributed by atoms with Gasteiger partial charge < -0.3 is 9.84 Å². The molecule has 1 amide bonds. The zero-order chi connectivity index (χ0) is 18.6. The maximum Gasteiger partial charge on any atom is 0.280 e. The molecule has 1 aromatic carbocycles. The highest BCUT2D eigenvalue weighted by atomic mass is 16.5. The van der Waals surface area contributed by atoms with Crippen molar-refractivity contribution in [2.45, 2.75) is 26.3 Å². The first kappa shape index (κ1) is 17.4. The molecule has 0 saturated carbocycles. The van der Waals surface area contributed by atoms with Gasteiger partial charge in [-0.25, -0.2) is 0 Å². The summed E-state index contributed by atoms with van der Waals surface area (Å²) in [6, 6.07) is 9.70. The number of rotatable bonds is 5. The van der Waals surface area contributed by atoms with Crippen molar-refractivity contribution in [3.05, 3.63) is 47.8 Å². The number of nitrogens with zero attached hydrogens (tertiary/aromatic N) is 4. The molecule has 0 radical (unpaired) electrons. The minimum absolute atomic E-state index is 0.260. The third kappa shape index (κ3) is 3.90. The van der Waals surface area contributed by atoms with E-state index < -0.39 is 0 Å². The summed E-state index contributed by atoms with van der Waals surface area (Å²) in [4.78, 5) is 12.5. The van der Waals surface area contributed by atoms with Gasteiger partial charge in [0.2, 0.25) is 5.88 Å². The molecule has 1 aliphatic heterocycles. The first-order valence-corrected chi connectivity index (χ1v) is 9.14. The molecule has 140 valence electrons. The predicted octanol–water partition coefficient (Wildman–Crippen LogP) is 2.49. The Morgan fingerprint density at radius 2 is 2.22 bits per heavy atom. The fourth-order valence-electron chi connectivity index (χ4n) is 3.32. The highest BCUT2D eigenvalue weighted by Crippen LogP contribution is 2.27. The summed E-state index contributed by atoms with van der Waals surface area (Å²) in [5, 5.41) is 18.3. The maximum absolute atomic E-state index is 12.5. The molecular weight excluding hydrogens is 344 g/mol. The van der Waals surface area contributed by atoms with Crippen molar-refractivity contribution in [3.8, 4) is 11.3 Å². The molecule has 1 fully saturated rings. The van der Waals surface area contributed by atoms with E-state index >= 15 is 0 Å². The lowest BCUT2D eigenvalue weighted by Crippen LogP contribution is -2.32. The van der Waals surface area contributed by atoms with Crippen molar-refractivity contribution < 1.29 is 9.32 Å². The number of amides is 1. The van der Waals surface area contributed by atoms with Crippen molar-refractivity contribution in [2.75, 3.05) is 18.4 Å². The van der Waals surface area contributed by atoms with E-state index in [1.54, 1.807) is 10.9 Å². The van der Waals surface area contributed by atoms with Crippen molar-refractivity contribution in [3.63, 3.8) is 0 Å². The molecule has 8 heteroatoms. The quantitative estimate of drug-likeness (QED) is 0.720. The van der Waals surface area contributed by atoms with Crippen LogP contribution in [0.4, 0.5) is 5.88 Å². The van der Waals surface area contributed by atoms with Crippen LogP contribution in [-0.2, 0) is 6.54 Å². The average molecular weight is 366 g/mol. The third-order valence-electron chi connectivity index (χ3n) is 4.81. The maximum atomic E-state index is 12.5. The minimum Gasteiger partial charge on any atom is -0.338 e. The number of hydrogen-bond acceptors (Lipinski definition) is 6. The highest BCUT2D eigenvalue weighted by Gasteiger charge is 2.19. The number of carbonyl (C=O) groups excluding carboxylic acids is 1. The summed E-state index contributed by atoms with van der Waals surface area (Å²) >= 11 is 0. The molecule has 1 unspecified atom stereocenters. The van der Waals surface area contributed by atoms with Gasteiger partial charge in [-0.05, 0) is 38.8 Å². The fourth-order valence-corrected chi connectivity index (χ4v) is 3.32. The molecule has 8 nitrogen and oxygen atoms in total. The Hall–Kier alpha value is -3.00. The Balaban J connectivity index is 1.43. The summed E-state index contributed by atoms with van der Waals surface area (Å²) in [6.45, 7) is 4.66. The standard InChI is InChI=1S/C19H22N6O2/c1-13-17(15-7-3-2-4-8-15)23-27-19(13)21-18(26)16-12-25(24-22-16)11-14-6-5-9-20-10-14/h2-4,7-8,12,14,20H,5-6,9-11H2,1H3,(H,21,26). The Morgan fingerprint density at radius 1 is 1.37 bits per heavy atom. The van der Waals surface area contributed by atoms with Gasteiger partial charge in [0.1, 0.15) is 5.69 Å². The number of benzene rings is 1. The lowest BCUT2D eigenvalue weighted by Gasteiger charge is -2.22. The summed E-state index contributed by atoms with van der Waals surface area (Å²) in [6.07, 6.45) is 4.00. The predicted molar refractivity (Wildman–Crippen MR) is 100 cm³/mol. The van der Waals surface area contributed by atoms with E-state index in [1.807, 2.05) is 37.3 Å². The molecule has 3 aromatic rings. The molecule has 0 aliphatic carbocycles. The van der Waals surface area contributed by atoms with Crippen LogP contribution >= 0.6 is 0 Å². The molecule has 27 heavy (non-hydrogen) atoms. The monoisotopic (exact) mass is 366 g/mol. The van der Waals surface area contributed by atoms with Gasteiger partial charge >= 0.3 is 0 Å². The topological polar surface area (TPSA) is 97.9 Å². The number of aromatic nitrogens is 4. The SMILES string of the molecule is Cc1c(-c2ccccc2)noc1NC(=O)c1cn(CC2CCCNC2)nn1. The zero-order valence-corrected chi connectivity index (χ0v) is 15.2. The number of hydrogen-bond donors (Lipinski definition) is 2. The Morgan fingerprint density at radius 3 is 3.00 bits per heavy atom. The largest absolute Gasteiger partial charge is 0.338 e. The van der Waals surface area contributed by atoms with Crippen LogP contribution in [0.3, 0.4) is 0 Å². The molecule has 1 saturated heterocycles. The van der Waals surface area contributed by atoms with Gasteiger partial charge in [0.15, 0.2) is 5.69 Å². The van der Waals surface area contributed by atoms with E-state index in [-0.39, 0.29) is 11.6 Å². The van der Waals surface area contributed by atoms with Crippen molar-refractivity contribution in [2.24, 2.45) is 5.92 Å². The van der Waals surface area contributed by atoms with Crippen LogP contribution in [0.5, 0.6) is 0 Å². The van der Waals surface area contributed by atoms with Crippen LogP contribution in [-0.4, -0.2) is 39.1 Å². The van der Waals surface area contributed by atoms with E-state index in [2.05, 4.69) is 26.1 Å². The van der Waals surface area contributed by atoms with Crippen molar-refractivity contribution in [1.82, 2.24) is 25.5 Å². The van der Waals surface area contributed by atoms with E-state index in [9.17, 15) is 4.79 Å². The van der Waals surface area contributed by atoms with E-state index in [0.29, 0.717) is 17.5 Å². The lowest BCUT2D eigenvalue weighted by atomic mass is 10.00. The first-order valence-electron chi connectivity index (χ1n) is 9.14. The van der Waals surface area contributed by atoms with Crippen LogP contribution in [0.2, 0.25) is 0 Å². The van der Waals surface area contributed by atoms with E-state index in [0.717, 1.165) is 37.2 Å². The second kappa shape index (κ2) is 7.71. The summed E-state index contributed by atoms with van der Waals surface area (Å²) < 4.78 is 7.06. The normalized spacial score (nSPS) is 17.0. The average Bonchev–Trinajstić information content (AvgIpc) is 3.31. The molecule has 0 bridgehead atoms. The second-order valence-corrected chi connectivity index (χ2v) is 6.84. The Kier molecular flexibility index (Phi) is 4.97. The molecule has 3 heterocycles. The third-order valence-corrected chi connectivity index (χ3v) is 4.81.